The van der Waals surface area contributed by atoms with E-state index in [-0.39, 0.29) is 33.6 Å². The number of methoxy groups -OCH3 is 2. The van der Waals surface area contributed by atoms with Crippen molar-refractivity contribution < 1.29 is 33.8 Å². The van der Waals surface area contributed by atoms with Crippen molar-refractivity contribution in [3.63, 3.8) is 0 Å². The second kappa shape index (κ2) is 8.05. The molecule has 1 atom stereocenters. The number of esters is 2. The summed E-state index contributed by atoms with van der Waals surface area (Å²) in [5, 5.41) is 10.7. The molecule has 8 heteroatoms. The number of aldehydes is 1. The van der Waals surface area contributed by atoms with E-state index in [2.05, 4.69) is 0 Å². The number of quaternary nitrogens is 1. The van der Waals surface area contributed by atoms with Gasteiger partial charge in [-0.05, 0) is 39.0 Å². The second-order valence-corrected chi connectivity index (χ2v) is 8.27. The Hall–Kier alpha value is -3.78. The van der Waals surface area contributed by atoms with Crippen LogP contribution in [0, 0.1) is 0 Å². The van der Waals surface area contributed by atoms with Gasteiger partial charge < -0.3 is 14.6 Å². The van der Waals surface area contributed by atoms with Crippen LogP contribution in [-0.2, 0) is 14.3 Å². The van der Waals surface area contributed by atoms with Gasteiger partial charge >= 0.3 is 18.0 Å². The number of hydrogen-bond donors (Lipinski definition) is 1. The fourth-order valence-corrected chi connectivity index (χ4v) is 4.34. The Kier molecular flexibility index (Phi) is 5.76. The standard InChI is InChI=1S/C24H23NO7/c1-24(2,3)25(23(29)30)18-12-15(21(27)31-4)11-16(22(28)32-5)19(18)17(13-26)20(25)14-9-7-6-8-10-14/h6-13H,1-5H3/p+1. The predicted octanol–water partition coefficient (Wildman–Crippen LogP) is 4.12. The summed E-state index contributed by atoms with van der Waals surface area (Å²) in [7, 11) is 2.35. The van der Waals surface area contributed by atoms with Crippen LogP contribution >= 0.6 is 0 Å². The quantitative estimate of drug-likeness (QED) is 0.435. The summed E-state index contributed by atoms with van der Waals surface area (Å²) < 4.78 is 8.90. The van der Waals surface area contributed by atoms with E-state index in [4.69, 9.17) is 9.47 Å². The molecule has 1 amide bonds. The third kappa shape index (κ3) is 3.11. The highest BCUT2D eigenvalue weighted by Gasteiger charge is 2.61. The number of carbonyl (C=O) groups is 4. The highest BCUT2D eigenvalue weighted by atomic mass is 16.5. The van der Waals surface area contributed by atoms with Crippen molar-refractivity contribution in [3.8, 4) is 0 Å². The zero-order valence-electron chi connectivity index (χ0n) is 18.5. The van der Waals surface area contributed by atoms with Crippen LogP contribution in [-0.4, -0.2) is 49.2 Å². The van der Waals surface area contributed by atoms with Crippen LogP contribution in [0.3, 0.4) is 0 Å². The first kappa shape index (κ1) is 22.9. The Morgan fingerprint density at radius 2 is 1.56 bits per heavy atom. The lowest BCUT2D eigenvalue weighted by molar-refractivity contribution is -0.103. The Bertz CT molecular complexity index is 1160. The molecule has 1 heterocycles. The van der Waals surface area contributed by atoms with Crippen LogP contribution in [0.15, 0.2) is 42.5 Å². The maximum absolute atomic E-state index is 13.1. The molecular formula is C24H24NO7+. The van der Waals surface area contributed by atoms with Crippen molar-refractivity contribution in [2.24, 2.45) is 0 Å². The minimum absolute atomic E-state index is 0.0285. The first-order valence-corrected chi connectivity index (χ1v) is 9.79. The van der Waals surface area contributed by atoms with E-state index in [9.17, 15) is 24.3 Å². The lowest BCUT2D eigenvalue weighted by atomic mass is 9.95. The molecule has 0 aromatic heterocycles. The number of carboxylic acid groups (broad SMARTS) is 1. The van der Waals surface area contributed by atoms with Gasteiger partial charge in [0.25, 0.3) is 0 Å². The number of fused-ring (bicyclic) bond motifs is 1. The zero-order chi connectivity index (χ0) is 23.8. The molecular weight excluding hydrogens is 414 g/mol. The first-order chi connectivity index (χ1) is 15.1. The molecule has 32 heavy (non-hydrogen) atoms. The predicted molar refractivity (Wildman–Crippen MR) is 118 cm³/mol. The van der Waals surface area contributed by atoms with Gasteiger partial charge in [0.2, 0.25) is 0 Å². The molecule has 1 aliphatic heterocycles. The third-order valence-corrected chi connectivity index (χ3v) is 5.62. The molecule has 166 valence electrons. The van der Waals surface area contributed by atoms with Crippen molar-refractivity contribution in [1.29, 1.82) is 0 Å². The monoisotopic (exact) mass is 438 g/mol. The molecule has 0 saturated carbocycles. The summed E-state index contributed by atoms with van der Waals surface area (Å²) in [5.74, 6) is -1.56. The van der Waals surface area contributed by atoms with Gasteiger partial charge in [0.1, 0.15) is 5.54 Å². The van der Waals surface area contributed by atoms with E-state index in [0.717, 1.165) is 0 Å². The minimum atomic E-state index is -1.27. The maximum Gasteiger partial charge on any atom is 0.524 e. The fraction of sp³-hybridized carbons (Fsp3) is 0.250. The average molecular weight is 438 g/mol. The number of amides is 1. The highest BCUT2D eigenvalue weighted by Crippen LogP contribution is 2.55. The Morgan fingerprint density at radius 3 is 2.03 bits per heavy atom. The average Bonchev–Trinajstić information content (AvgIpc) is 3.09. The van der Waals surface area contributed by atoms with Gasteiger partial charge in [0.05, 0.1) is 36.5 Å². The SMILES string of the molecule is COC(=O)c1cc(C(=O)OC)c2c(c1)[N+](C(=O)O)(C(C)(C)C)C(c1ccccc1)=C2C=O. The number of allylic oxidation sites excluding steroid dienone is 1. The van der Waals surface area contributed by atoms with E-state index < -0.39 is 28.1 Å². The fourth-order valence-electron chi connectivity index (χ4n) is 4.34. The van der Waals surface area contributed by atoms with E-state index >= 15 is 0 Å². The lowest BCUT2D eigenvalue weighted by Gasteiger charge is -2.42. The summed E-state index contributed by atoms with van der Waals surface area (Å²) >= 11 is 0. The second-order valence-electron chi connectivity index (χ2n) is 8.27. The number of nitrogens with zero attached hydrogens (tertiary/aromatic N) is 1. The van der Waals surface area contributed by atoms with Crippen LogP contribution in [0.25, 0.3) is 11.3 Å². The Morgan fingerprint density at radius 1 is 0.969 bits per heavy atom. The molecule has 2 aromatic rings. The number of rotatable bonds is 4. The van der Waals surface area contributed by atoms with Crippen LogP contribution in [0.1, 0.15) is 52.6 Å². The zero-order valence-corrected chi connectivity index (χ0v) is 18.5. The molecule has 1 unspecified atom stereocenters. The smallest absolute Gasteiger partial charge is 0.465 e. The van der Waals surface area contributed by atoms with Gasteiger partial charge in [-0.25, -0.2) is 9.59 Å². The molecule has 0 saturated heterocycles. The van der Waals surface area contributed by atoms with Crippen molar-refractivity contribution in [2.75, 3.05) is 14.2 Å². The van der Waals surface area contributed by atoms with E-state index in [1.165, 1.54) is 26.4 Å². The molecule has 0 bridgehead atoms. The van der Waals surface area contributed by atoms with Crippen LogP contribution in [0.2, 0.25) is 0 Å². The number of ether oxygens (including phenoxy) is 2. The summed E-state index contributed by atoms with van der Waals surface area (Å²) in [4.78, 5) is 50.6. The van der Waals surface area contributed by atoms with Crippen molar-refractivity contribution >= 4 is 41.3 Å². The highest BCUT2D eigenvalue weighted by molar-refractivity contribution is 6.29. The van der Waals surface area contributed by atoms with Crippen molar-refractivity contribution in [1.82, 2.24) is 4.48 Å². The maximum atomic E-state index is 13.1. The van der Waals surface area contributed by atoms with Gasteiger partial charge in [0, 0.05) is 11.6 Å². The largest absolute Gasteiger partial charge is 0.524 e. The van der Waals surface area contributed by atoms with Gasteiger partial charge in [-0.2, -0.15) is 9.28 Å². The molecule has 0 spiro atoms. The third-order valence-electron chi connectivity index (χ3n) is 5.62. The molecule has 1 N–H and O–H groups in total. The summed E-state index contributed by atoms with van der Waals surface area (Å²) in [6, 6.07) is 11.3. The van der Waals surface area contributed by atoms with Crippen LogP contribution in [0.5, 0.6) is 0 Å². The van der Waals surface area contributed by atoms with Crippen LogP contribution in [0.4, 0.5) is 10.5 Å². The Balaban J connectivity index is 2.63. The summed E-state index contributed by atoms with van der Waals surface area (Å²) in [6.45, 7) is 5.14. The molecule has 8 nitrogen and oxygen atoms in total. The molecule has 0 fully saturated rings. The number of carbonyl (C=O) groups excluding carboxylic acids is 3. The first-order valence-electron chi connectivity index (χ1n) is 9.79. The van der Waals surface area contributed by atoms with E-state index in [1.807, 2.05) is 0 Å². The normalized spacial score (nSPS) is 17.5. The summed E-state index contributed by atoms with van der Waals surface area (Å²) in [6.07, 6.45) is -0.729. The van der Waals surface area contributed by atoms with Crippen molar-refractivity contribution in [2.45, 2.75) is 26.3 Å². The van der Waals surface area contributed by atoms with E-state index in [1.54, 1.807) is 51.1 Å². The van der Waals surface area contributed by atoms with Crippen molar-refractivity contribution in [3.05, 3.63) is 64.7 Å². The number of hydrogen-bond acceptors (Lipinski definition) is 6. The molecule has 1 aliphatic rings. The van der Waals surface area contributed by atoms with Gasteiger partial charge in [-0.1, -0.05) is 18.2 Å². The minimum Gasteiger partial charge on any atom is -0.465 e. The van der Waals surface area contributed by atoms with Crippen LogP contribution < -0.4 is 4.48 Å². The Labute approximate surface area is 185 Å². The molecule has 3 rings (SSSR count). The molecule has 0 aliphatic carbocycles. The lowest BCUT2D eigenvalue weighted by Crippen LogP contribution is -2.62. The molecule has 2 aromatic carbocycles. The topological polar surface area (TPSA) is 107 Å². The van der Waals surface area contributed by atoms with Gasteiger partial charge in [0.15, 0.2) is 17.7 Å². The van der Waals surface area contributed by atoms with E-state index in [0.29, 0.717) is 11.8 Å². The summed E-state index contributed by atoms with van der Waals surface area (Å²) in [5.41, 5.74) is -0.184. The van der Waals surface area contributed by atoms with Gasteiger partial charge in [-0.3, -0.25) is 4.79 Å². The van der Waals surface area contributed by atoms with Gasteiger partial charge in [-0.15, -0.1) is 0 Å². The molecule has 0 radical (unpaired) electrons. The number of benzene rings is 2.